The SMILES string of the molecule is CN=CC(C1=CNC2=CC=C(NC(=N)C=C(C=N)C(C)C)NC2=C1)=C(N)C1C=CC=CC1. The summed E-state index contributed by atoms with van der Waals surface area (Å²) in [4.78, 5) is 4.22. The van der Waals surface area contributed by atoms with Crippen molar-refractivity contribution in [2.75, 3.05) is 7.05 Å². The molecule has 0 bridgehead atoms. The van der Waals surface area contributed by atoms with Gasteiger partial charge < -0.3 is 27.1 Å². The molecule has 0 amide bonds. The van der Waals surface area contributed by atoms with E-state index in [-0.39, 0.29) is 17.7 Å². The molecule has 2 heterocycles. The van der Waals surface area contributed by atoms with E-state index in [4.69, 9.17) is 16.6 Å². The van der Waals surface area contributed by atoms with Crippen LogP contribution in [0.1, 0.15) is 20.3 Å². The number of nitrogens with one attached hydrogen (secondary N) is 5. The summed E-state index contributed by atoms with van der Waals surface area (Å²) in [6, 6.07) is 0. The average molecular weight is 430 g/mol. The van der Waals surface area contributed by atoms with Crippen molar-refractivity contribution in [3.8, 4) is 0 Å². The molecule has 7 N–H and O–H groups in total. The van der Waals surface area contributed by atoms with E-state index in [1.807, 2.05) is 50.4 Å². The van der Waals surface area contributed by atoms with E-state index >= 15 is 0 Å². The van der Waals surface area contributed by atoms with Gasteiger partial charge in [-0.2, -0.15) is 0 Å². The molecule has 0 aromatic rings. The van der Waals surface area contributed by atoms with Crippen LogP contribution in [0.3, 0.4) is 0 Å². The summed E-state index contributed by atoms with van der Waals surface area (Å²) in [6.45, 7) is 4.00. The second-order valence-corrected chi connectivity index (χ2v) is 7.98. The quantitative estimate of drug-likeness (QED) is 0.274. The number of amidine groups is 1. The highest BCUT2D eigenvalue weighted by atomic mass is 15.1. The van der Waals surface area contributed by atoms with Gasteiger partial charge in [0.25, 0.3) is 0 Å². The fourth-order valence-electron chi connectivity index (χ4n) is 3.51. The molecule has 7 heteroatoms. The van der Waals surface area contributed by atoms with Gasteiger partial charge in [0.05, 0.1) is 11.4 Å². The zero-order valence-electron chi connectivity index (χ0n) is 18.7. The number of dihydropyridines is 2. The van der Waals surface area contributed by atoms with Crippen LogP contribution >= 0.6 is 0 Å². The van der Waals surface area contributed by atoms with Gasteiger partial charge in [0.2, 0.25) is 0 Å². The van der Waals surface area contributed by atoms with Gasteiger partial charge in [-0.05, 0) is 42.2 Å². The zero-order chi connectivity index (χ0) is 23.1. The molecule has 0 saturated carbocycles. The topological polar surface area (TPSA) is 122 Å². The van der Waals surface area contributed by atoms with Gasteiger partial charge in [-0.25, -0.2) is 0 Å². The van der Waals surface area contributed by atoms with Gasteiger partial charge in [0, 0.05) is 48.4 Å². The molecule has 0 radical (unpaired) electrons. The fourth-order valence-corrected chi connectivity index (χ4v) is 3.51. The van der Waals surface area contributed by atoms with Gasteiger partial charge in [-0.1, -0.05) is 38.2 Å². The van der Waals surface area contributed by atoms with Crippen molar-refractivity contribution < 1.29 is 0 Å². The second-order valence-electron chi connectivity index (χ2n) is 7.98. The Kier molecular flexibility index (Phi) is 7.44. The second kappa shape index (κ2) is 10.4. The van der Waals surface area contributed by atoms with Crippen molar-refractivity contribution in [2.45, 2.75) is 20.3 Å². The molecule has 32 heavy (non-hydrogen) atoms. The van der Waals surface area contributed by atoms with Crippen LogP contribution in [0.5, 0.6) is 0 Å². The Morgan fingerprint density at radius 2 is 2.09 bits per heavy atom. The minimum Gasteiger partial charge on any atom is -0.401 e. The molecule has 0 aromatic carbocycles. The molecular formula is C25H31N7. The zero-order valence-corrected chi connectivity index (χ0v) is 18.7. The van der Waals surface area contributed by atoms with Crippen LogP contribution < -0.4 is 21.7 Å². The van der Waals surface area contributed by atoms with Gasteiger partial charge in [0.15, 0.2) is 0 Å². The number of nitrogens with zero attached hydrogens (tertiary/aromatic N) is 1. The Balaban J connectivity index is 1.80. The predicted octanol–water partition coefficient (Wildman–Crippen LogP) is 3.53. The minimum absolute atomic E-state index is 0.136. The smallest absolute Gasteiger partial charge is 0.123 e. The van der Waals surface area contributed by atoms with Crippen molar-refractivity contribution in [1.29, 1.82) is 10.8 Å². The summed E-state index contributed by atoms with van der Waals surface area (Å²) in [5.74, 6) is 1.21. The first-order valence-electron chi connectivity index (χ1n) is 10.6. The van der Waals surface area contributed by atoms with Crippen LogP contribution in [0.2, 0.25) is 0 Å². The Morgan fingerprint density at radius 3 is 2.75 bits per heavy atom. The largest absolute Gasteiger partial charge is 0.401 e. The van der Waals surface area contributed by atoms with Crippen LogP contribution in [0.25, 0.3) is 0 Å². The molecule has 1 aliphatic carbocycles. The first kappa shape index (κ1) is 22.8. The Morgan fingerprint density at radius 1 is 1.28 bits per heavy atom. The summed E-state index contributed by atoms with van der Waals surface area (Å²) < 4.78 is 0. The first-order chi connectivity index (χ1) is 15.4. The monoisotopic (exact) mass is 429 g/mol. The summed E-state index contributed by atoms with van der Waals surface area (Å²) >= 11 is 0. The van der Waals surface area contributed by atoms with E-state index in [2.05, 4.69) is 33.1 Å². The summed E-state index contributed by atoms with van der Waals surface area (Å²) in [6.07, 6.45) is 21.7. The van der Waals surface area contributed by atoms with E-state index in [0.717, 1.165) is 40.2 Å². The van der Waals surface area contributed by atoms with Crippen molar-refractivity contribution >= 4 is 18.3 Å². The molecule has 3 aliphatic rings. The van der Waals surface area contributed by atoms with Crippen molar-refractivity contribution in [1.82, 2.24) is 16.0 Å². The summed E-state index contributed by atoms with van der Waals surface area (Å²) in [7, 11) is 1.74. The van der Waals surface area contributed by atoms with Crippen LogP contribution in [0.4, 0.5) is 0 Å². The molecule has 0 aromatic heterocycles. The minimum atomic E-state index is 0.136. The van der Waals surface area contributed by atoms with E-state index < -0.39 is 0 Å². The first-order valence-corrected chi connectivity index (χ1v) is 10.6. The van der Waals surface area contributed by atoms with E-state index in [1.165, 1.54) is 6.21 Å². The lowest BCUT2D eigenvalue weighted by Crippen LogP contribution is -2.35. The highest BCUT2D eigenvalue weighted by Crippen LogP contribution is 2.27. The lowest BCUT2D eigenvalue weighted by Gasteiger charge is -2.26. The molecule has 0 saturated heterocycles. The lowest BCUT2D eigenvalue weighted by molar-refractivity contribution is 0.750. The highest BCUT2D eigenvalue weighted by Gasteiger charge is 2.20. The molecule has 0 fully saturated rings. The number of aliphatic imine (C=N–C) groups is 1. The number of hydrogen-bond acceptors (Lipinski definition) is 6. The van der Waals surface area contributed by atoms with Crippen LogP contribution in [-0.2, 0) is 0 Å². The molecule has 1 atom stereocenters. The van der Waals surface area contributed by atoms with E-state index in [9.17, 15) is 0 Å². The van der Waals surface area contributed by atoms with Crippen LogP contribution in [-0.4, -0.2) is 25.3 Å². The van der Waals surface area contributed by atoms with Gasteiger partial charge >= 0.3 is 0 Å². The maximum absolute atomic E-state index is 8.22. The molecule has 166 valence electrons. The number of fused-ring (bicyclic) bond motifs is 1. The molecule has 0 spiro atoms. The number of allylic oxidation sites excluding steroid dienone is 10. The Bertz CT molecular complexity index is 1060. The third kappa shape index (κ3) is 5.43. The van der Waals surface area contributed by atoms with E-state index in [1.54, 1.807) is 19.3 Å². The third-order valence-electron chi connectivity index (χ3n) is 5.33. The molecule has 7 nitrogen and oxygen atoms in total. The standard InChI is InChI=1S/C25H31N7/c1-16(2)18(13-26)12-23(27)32-24-10-9-21-22(31-24)11-19(14-30-21)20(15-29-3)25(28)17-7-5-4-6-8-17/h4-7,9-17,26,30-31H,8,28H2,1-3H3,(H2,27,32). The Hall–Kier alpha value is -3.87. The number of rotatable bonds is 7. The predicted molar refractivity (Wildman–Crippen MR) is 133 cm³/mol. The van der Waals surface area contributed by atoms with Crippen molar-refractivity contribution in [2.24, 2.45) is 22.6 Å². The number of hydrogen-bond donors (Lipinski definition) is 6. The summed E-state index contributed by atoms with van der Waals surface area (Å²) in [5.41, 5.74) is 11.7. The van der Waals surface area contributed by atoms with E-state index in [0.29, 0.717) is 5.82 Å². The number of nitrogens with two attached hydrogens (primary N) is 1. The molecule has 3 rings (SSSR count). The maximum Gasteiger partial charge on any atom is 0.123 e. The average Bonchev–Trinajstić information content (AvgIpc) is 2.80. The van der Waals surface area contributed by atoms with Crippen molar-refractivity contribution in [3.63, 3.8) is 0 Å². The normalized spacial score (nSPS) is 20.9. The Labute approximate surface area is 189 Å². The van der Waals surface area contributed by atoms with Gasteiger partial charge in [-0.15, -0.1) is 0 Å². The highest BCUT2D eigenvalue weighted by molar-refractivity contribution is 5.97. The van der Waals surface area contributed by atoms with Crippen LogP contribution in [0.15, 0.2) is 99.4 Å². The fraction of sp³-hybridized carbons (Fsp3) is 0.240. The lowest BCUT2D eigenvalue weighted by atomic mass is 9.91. The third-order valence-corrected chi connectivity index (χ3v) is 5.33. The van der Waals surface area contributed by atoms with Crippen molar-refractivity contribution in [3.05, 3.63) is 94.4 Å². The maximum atomic E-state index is 8.22. The molecule has 1 unspecified atom stereocenters. The molecular weight excluding hydrogens is 398 g/mol. The van der Waals surface area contributed by atoms with Gasteiger partial charge in [0.1, 0.15) is 11.7 Å². The molecule has 2 aliphatic heterocycles. The van der Waals surface area contributed by atoms with Crippen LogP contribution in [0, 0.1) is 22.7 Å². The van der Waals surface area contributed by atoms with Gasteiger partial charge in [-0.3, -0.25) is 10.4 Å². The summed E-state index contributed by atoms with van der Waals surface area (Å²) in [5, 5.41) is 25.4.